The van der Waals surface area contributed by atoms with E-state index in [4.69, 9.17) is 11.6 Å². The van der Waals surface area contributed by atoms with Crippen LogP contribution in [0.15, 0.2) is 89.8 Å². The topological polar surface area (TPSA) is 64.4 Å². The minimum Gasteiger partial charge on any atom is -0.341 e. The number of likely N-dealkylation sites (tertiary alicyclic amines) is 1. The first-order chi connectivity index (χ1) is 20.3. The molecule has 0 bridgehead atoms. The van der Waals surface area contributed by atoms with Crippen molar-refractivity contribution in [2.75, 3.05) is 39.5 Å². The zero-order valence-corrected chi connectivity index (χ0v) is 25.7. The Morgan fingerprint density at radius 1 is 1.05 bits per heavy atom. The van der Waals surface area contributed by atoms with Crippen molar-refractivity contribution in [3.8, 4) is 6.07 Å². The van der Waals surface area contributed by atoms with Crippen molar-refractivity contribution in [3.05, 3.63) is 112 Å². The van der Waals surface area contributed by atoms with E-state index in [1.165, 1.54) is 5.56 Å². The van der Waals surface area contributed by atoms with Gasteiger partial charge in [-0.3, -0.25) is 9.00 Å². The molecule has 1 aliphatic heterocycles. The van der Waals surface area contributed by atoms with Crippen LogP contribution in [0.5, 0.6) is 0 Å². The van der Waals surface area contributed by atoms with E-state index in [1.807, 2.05) is 67.7 Å². The van der Waals surface area contributed by atoms with Gasteiger partial charge in [0.15, 0.2) is 0 Å². The number of halogens is 1. The molecule has 0 spiro atoms. The highest BCUT2D eigenvalue weighted by atomic mass is 35.5. The number of piperidine rings is 1. The monoisotopic (exact) mass is 597 g/mol. The van der Waals surface area contributed by atoms with E-state index in [-0.39, 0.29) is 11.8 Å². The van der Waals surface area contributed by atoms with Crippen molar-refractivity contribution < 1.29 is 9.00 Å². The standard InChI is InChI=1S/C35H36ClN3O2S/c1-38(35(40)33-22-25(23-37)21-28-7-3-4-8-31(28)33)24-29(26-11-13-30(36)14-12-26)17-20-39-18-15-27(16-19-39)32-9-5-6-10-34(32)42(2)41/h3-14,21-22,27,29H,15-20,24H2,1-2H3/t29?,42-/m0/s1. The van der Waals surface area contributed by atoms with Crippen LogP contribution in [0.2, 0.25) is 5.02 Å². The van der Waals surface area contributed by atoms with Gasteiger partial charge >= 0.3 is 0 Å². The fourth-order valence-corrected chi connectivity index (χ4v) is 7.12. The summed E-state index contributed by atoms with van der Waals surface area (Å²) in [5.41, 5.74) is 3.42. The zero-order chi connectivity index (χ0) is 29.6. The van der Waals surface area contributed by atoms with Gasteiger partial charge in [0.05, 0.1) is 22.4 Å². The Morgan fingerprint density at radius 3 is 2.45 bits per heavy atom. The van der Waals surface area contributed by atoms with Gasteiger partial charge in [-0.05, 0) is 97.0 Å². The Kier molecular flexibility index (Phi) is 9.74. The summed E-state index contributed by atoms with van der Waals surface area (Å²) in [5, 5.41) is 12.0. The molecule has 42 heavy (non-hydrogen) atoms. The SMILES string of the molecule is CN(CC(CCN1CCC(c2ccccc2[S@](C)=O)CC1)c1ccc(Cl)cc1)C(=O)c1cc(C#N)cc2ccccc12. The third-order valence-electron chi connectivity index (χ3n) is 8.45. The first-order valence-corrected chi connectivity index (χ1v) is 16.4. The molecular weight excluding hydrogens is 562 g/mol. The molecule has 0 radical (unpaired) electrons. The molecule has 0 N–H and O–H groups in total. The van der Waals surface area contributed by atoms with Gasteiger partial charge in [0.2, 0.25) is 0 Å². The zero-order valence-electron chi connectivity index (χ0n) is 24.1. The molecule has 1 unspecified atom stereocenters. The quantitative estimate of drug-likeness (QED) is 0.204. The molecular formula is C35H36ClN3O2S. The van der Waals surface area contributed by atoms with Crippen LogP contribution < -0.4 is 0 Å². The molecule has 0 saturated carbocycles. The van der Waals surface area contributed by atoms with Gasteiger partial charge in [0.1, 0.15) is 0 Å². The second kappa shape index (κ2) is 13.6. The van der Waals surface area contributed by atoms with E-state index in [0.717, 1.165) is 60.1 Å². The van der Waals surface area contributed by atoms with Gasteiger partial charge in [0, 0.05) is 41.2 Å². The second-order valence-electron chi connectivity index (χ2n) is 11.2. The van der Waals surface area contributed by atoms with Crippen molar-refractivity contribution in [2.45, 2.75) is 36.0 Å². The Balaban J connectivity index is 1.29. The highest BCUT2D eigenvalue weighted by Crippen LogP contribution is 2.33. The van der Waals surface area contributed by atoms with Crippen LogP contribution in [0.1, 0.15) is 58.1 Å². The van der Waals surface area contributed by atoms with Gasteiger partial charge in [0.25, 0.3) is 5.91 Å². The highest BCUT2D eigenvalue weighted by molar-refractivity contribution is 7.84. The third kappa shape index (κ3) is 6.93. The molecule has 5 nitrogen and oxygen atoms in total. The van der Waals surface area contributed by atoms with Crippen molar-refractivity contribution in [1.82, 2.24) is 9.80 Å². The Morgan fingerprint density at radius 2 is 1.74 bits per heavy atom. The fourth-order valence-electron chi connectivity index (χ4n) is 6.16. The van der Waals surface area contributed by atoms with Crippen molar-refractivity contribution in [2.24, 2.45) is 0 Å². The van der Waals surface area contributed by atoms with Crippen molar-refractivity contribution in [3.63, 3.8) is 0 Å². The van der Waals surface area contributed by atoms with Crippen LogP contribution in [0.25, 0.3) is 10.8 Å². The molecule has 1 amide bonds. The summed E-state index contributed by atoms with van der Waals surface area (Å²) in [6, 6.07) is 29.5. The van der Waals surface area contributed by atoms with Gasteiger partial charge in [-0.1, -0.05) is 66.2 Å². The van der Waals surface area contributed by atoms with Crippen molar-refractivity contribution >= 4 is 39.1 Å². The number of hydrogen-bond acceptors (Lipinski definition) is 4. The molecule has 1 aliphatic rings. The lowest BCUT2D eigenvalue weighted by atomic mass is 9.88. The van der Waals surface area contributed by atoms with Gasteiger partial charge < -0.3 is 9.80 Å². The molecule has 4 aromatic rings. The fraction of sp³-hybridized carbons (Fsp3) is 0.314. The van der Waals surface area contributed by atoms with Crippen LogP contribution in [0.4, 0.5) is 0 Å². The lowest BCUT2D eigenvalue weighted by Crippen LogP contribution is -2.36. The smallest absolute Gasteiger partial charge is 0.254 e. The molecule has 7 heteroatoms. The predicted octanol–water partition coefficient (Wildman–Crippen LogP) is 7.23. The highest BCUT2D eigenvalue weighted by Gasteiger charge is 2.25. The summed E-state index contributed by atoms with van der Waals surface area (Å²) in [4.78, 5) is 19.0. The van der Waals surface area contributed by atoms with Gasteiger partial charge in [-0.2, -0.15) is 5.26 Å². The molecule has 1 heterocycles. The van der Waals surface area contributed by atoms with Crippen LogP contribution >= 0.6 is 11.6 Å². The van der Waals surface area contributed by atoms with E-state index in [0.29, 0.717) is 28.6 Å². The number of rotatable bonds is 9. The molecule has 0 aliphatic carbocycles. The summed E-state index contributed by atoms with van der Waals surface area (Å²) < 4.78 is 12.3. The normalized spacial score (nSPS) is 15.7. The number of amides is 1. The largest absolute Gasteiger partial charge is 0.341 e. The maximum Gasteiger partial charge on any atom is 0.254 e. The van der Waals surface area contributed by atoms with E-state index >= 15 is 0 Å². The van der Waals surface area contributed by atoms with E-state index in [2.05, 4.69) is 29.2 Å². The molecule has 1 fully saturated rings. The average molecular weight is 598 g/mol. The Bertz CT molecular complexity index is 1620. The molecule has 0 aromatic heterocycles. The molecule has 5 rings (SSSR count). The molecule has 2 atom stereocenters. The summed E-state index contributed by atoms with van der Waals surface area (Å²) in [5.74, 6) is 0.466. The van der Waals surface area contributed by atoms with Crippen molar-refractivity contribution in [1.29, 1.82) is 5.26 Å². The lowest BCUT2D eigenvalue weighted by molar-refractivity contribution is 0.0783. The number of hydrogen-bond donors (Lipinski definition) is 0. The molecule has 1 saturated heterocycles. The minimum absolute atomic E-state index is 0.0879. The first-order valence-electron chi connectivity index (χ1n) is 14.4. The first kappa shape index (κ1) is 30.0. The Labute approximate surface area is 256 Å². The maximum absolute atomic E-state index is 13.8. The molecule has 4 aromatic carbocycles. The van der Waals surface area contributed by atoms with E-state index in [1.54, 1.807) is 17.2 Å². The second-order valence-corrected chi connectivity index (χ2v) is 13.0. The van der Waals surface area contributed by atoms with Crippen LogP contribution in [-0.4, -0.2) is 59.4 Å². The number of nitriles is 1. The Hall–Kier alpha value is -3.50. The van der Waals surface area contributed by atoms with E-state index < -0.39 is 10.8 Å². The summed E-state index contributed by atoms with van der Waals surface area (Å²) in [7, 11) is 0.859. The summed E-state index contributed by atoms with van der Waals surface area (Å²) in [6.45, 7) is 3.46. The number of carbonyl (C=O) groups excluding carboxylic acids is 1. The van der Waals surface area contributed by atoms with Gasteiger partial charge in [-0.25, -0.2) is 0 Å². The minimum atomic E-state index is -0.988. The predicted molar refractivity (Wildman–Crippen MR) is 172 cm³/mol. The third-order valence-corrected chi connectivity index (χ3v) is 9.70. The average Bonchev–Trinajstić information content (AvgIpc) is 3.02. The number of nitrogens with zero attached hydrogens (tertiary/aromatic N) is 3. The summed E-state index contributed by atoms with van der Waals surface area (Å²) in [6.07, 6.45) is 4.74. The molecule has 216 valence electrons. The van der Waals surface area contributed by atoms with Crippen LogP contribution in [0.3, 0.4) is 0 Å². The lowest BCUT2D eigenvalue weighted by Gasteiger charge is -2.34. The number of likely N-dealkylation sites (N-methyl/N-ethyl adjacent to an activating group) is 1. The number of carbonyl (C=O) groups is 1. The van der Waals surface area contributed by atoms with E-state index in [9.17, 15) is 14.3 Å². The number of benzene rings is 4. The maximum atomic E-state index is 13.8. The number of fused-ring (bicyclic) bond motifs is 1. The van der Waals surface area contributed by atoms with Crippen LogP contribution in [0, 0.1) is 11.3 Å². The van der Waals surface area contributed by atoms with Gasteiger partial charge in [-0.15, -0.1) is 0 Å². The van der Waals surface area contributed by atoms with Crippen LogP contribution in [-0.2, 0) is 10.8 Å². The summed E-state index contributed by atoms with van der Waals surface area (Å²) >= 11 is 6.21.